The first-order valence-corrected chi connectivity index (χ1v) is 6.85. The largest absolute Gasteiger partial charge is 0.486 e. The van der Waals surface area contributed by atoms with Crippen LogP contribution in [-0.4, -0.2) is 50.6 Å². The Bertz CT molecular complexity index is 485. The molecule has 1 fully saturated rings. The molecule has 2 aliphatic heterocycles. The van der Waals surface area contributed by atoms with Gasteiger partial charge in [0.25, 0.3) is 0 Å². The molecule has 2 N–H and O–H groups in total. The smallest absolute Gasteiger partial charge is 0.328 e. The van der Waals surface area contributed by atoms with Crippen molar-refractivity contribution >= 4 is 12.0 Å². The molecule has 0 radical (unpaired) electrons. The number of nitrogens with one attached hydrogen (secondary N) is 1. The number of fused-ring (bicyclic) bond motifs is 1. The van der Waals surface area contributed by atoms with Gasteiger partial charge in [-0.1, -0.05) is 6.07 Å². The molecule has 1 saturated heterocycles. The highest BCUT2D eigenvalue weighted by molar-refractivity contribution is 5.85. The Labute approximate surface area is 123 Å². The molecule has 0 bridgehead atoms. The number of ether oxygens (including phenoxy) is 3. The van der Waals surface area contributed by atoms with Crippen LogP contribution < -0.4 is 14.8 Å². The van der Waals surface area contributed by atoms with E-state index in [1.54, 1.807) is 18.2 Å². The van der Waals surface area contributed by atoms with Gasteiger partial charge in [-0.3, -0.25) is 0 Å². The van der Waals surface area contributed by atoms with Gasteiger partial charge in [-0.25, -0.2) is 4.79 Å². The number of rotatable bonds is 2. The van der Waals surface area contributed by atoms with Gasteiger partial charge in [0.15, 0.2) is 11.5 Å². The third kappa shape index (κ3) is 5.45. The van der Waals surface area contributed by atoms with Crippen molar-refractivity contribution in [2.45, 2.75) is 0 Å². The molecule has 0 unspecified atom stereocenters. The van der Waals surface area contributed by atoms with E-state index in [1.807, 2.05) is 0 Å². The van der Waals surface area contributed by atoms with Crippen LogP contribution in [0.1, 0.15) is 5.56 Å². The quantitative estimate of drug-likeness (QED) is 0.797. The van der Waals surface area contributed by atoms with Crippen LogP contribution in [0.5, 0.6) is 11.5 Å². The first kappa shape index (κ1) is 15.3. The second-order valence-electron chi connectivity index (χ2n) is 4.44. The summed E-state index contributed by atoms with van der Waals surface area (Å²) in [6.45, 7) is 4.91. The highest BCUT2D eigenvalue weighted by atomic mass is 16.6. The maximum absolute atomic E-state index is 10.3. The lowest BCUT2D eigenvalue weighted by atomic mass is 10.2. The molecule has 21 heavy (non-hydrogen) atoms. The van der Waals surface area contributed by atoms with Gasteiger partial charge in [-0.15, -0.1) is 0 Å². The highest BCUT2D eigenvalue weighted by Gasteiger charge is 2.10. The number of carbonyl (C=O) groups is 1. The molecule has 1 aromatic carbocycles. The second-order valence-corrected chi connectivity index (χ2v) is 4.44. The molecule has 0 aromatic heterocycles. The molecule has 0 spiro atoms. The van der Waals surface area contributed by atoms with E-state index in [1.165, 1.54) is 6.08 Å². The molecule has 6 heteroatoms. The van der Waals surface area contributed by atoms with Crippen LogP contribution in [0.2, 0.25) is 0 Å². The summed E-state index contributed by atoms with van der Waals surface area (Å²) < 4.78 is 15.7. The van der Waals surface area contributed by atoms with Crippen LogP contribution in [0.25, 0.3) is 6.08 Å². The van der Waals surface area contributed by atoms with E-state index in [-0.39, 0.29) is 0 Å². The number of hydrogen-bond acceptors (Lipinski definition) is 5. The lowest BCUT2D eigenvalue weighted by Crippen LogP contribution is -2.30. The number of carboxylic acids is 1. The van der Waals surface area contributed by atoms with Crippen LogP contribution in [0.15, 0.2) is 24.3 Å². The molecule has 2 heterocycles. The zero-order valence-electron chi connectivity index (χ0n) is 11.7. The van der Waals surface area contributed by atoms with Gasteiger partial charge >= 0.3 is 5.97 Å². The average Bonchev–Trinajstić information content (AvgIpc) is 2.55. The Hall–Kier alpha value is -2.05. The Kier molecular flexibility index (Phi) is 6.05. The van der Waals surface area contributed by atoms with Crippen molar-refractivity contribution in [3.05, 3.63) is 29.8 Å². The minimum absolute atomic E-state index is 0.527. The normalized spacial score (nSPS) is 17.0. The van der Waals surface area contributed by atoms with Gasteiger partial charge in [-0.2, -0.15) is 0 Å². The predicted octanol–water partition coefficient (Wildman–Crippen LogP) is 1.16. The van der Waals surface area contributed by atoms with Crippen molar-refractivity contribution in [3.63, 3.8) is 0 Å². The number of morpholine rings is 1. The summed E-state index contributed by atoms with van der Waals surface area (Å²) in [5.41, 5.74) is 0.779. The topological polar surface area (TPSA) is 77.0 Å². The van der Waals surface area contributed by atoms with Crippen LogP contribution in [0.3, 0.4) is 0 Å². The second kappa shape index (κ2) is 8.28. The Morgan fingerprint density at radius 1 is 1.10 bits per heavy atom. The molecule has 6 nitrogen and oxygen atoms in total. The molecule has 1 aromatic rings. The lowest BCUT2D eigenvalue weighted by Gasteiger charge is -2.18. The van der Waals surface area contributed by atoms with Crippen molar-refractivity contribution in [1.29, 1.82) is 0 Å². The van der Waals surface area contributed by atoms with E-state index >= 15 is 0 Å². The third-order valence-corrected chi connectivity index (χ3v) is 2.83. The number of carboxylic acid groups (broad SMARTS) is 1. The molecule has 0 aliphatic carbocycles. The molecule has 3 rings (SSSR count). The van der Waals surface area contributed by atoms with Crippen molar-refractivity contribution in [2.75, 3.05) is 39.5 Å². The molecular weight excluding hydrogens is 274 g/mol. The molecule has 2 aliphatic rings. The average molecular weight is 293 g/mol. The van der Waals surface area contributed by atoms with Gasteiger partial charge in [0.2, 0.25) is 0 Å². The van der Waals surface area contributed by atoms with Crippen LogP contribution in [-0.2, 0) is 9.53 Å². The number of benzene rings is 1. The first-order chi connectivity index (χ1) is 10.3. The fourth-order valence-corrected chi connectivity index (χ4v) is 1.85. The standard InChI is InChI=1S/C11H10O4.C4H9NO/c12-11(13)4-2-8-1-3-9-10(7-8)15-6-5-14-9;1-3-6-4-2-5-1/h1-4,7H,5-6H2,(H,12,13);5H,1-4H2. The summed E-state index contributed by atoms with van der Waals surface area (Å²) in [5, 5.41) is 11.6. The predicted molar refractivity (Wildman–Crippen MR) is 77.8 cm³/mol. The van der Waals surface area contributed by atoms with Crippen LogP contribution in [0, 0.1) is 0 Å². The van der Waals surface area contributed by atoms with Gasteiger partial charge in [0.1, 0.15) is 13.2 Å². The number of aliphatic carboxylic acids is 1. The van der Waals surface area contributed by atoms with Crippen LogP contribution in [0.4, 0.5) is 0 Å². The molecule has 0 saturated carbocycles. The van der Waals surface area contributed by atoms with Crippen molar-refractivity contribution in [2.24, 2.45) is 0 Å². The van der Waals surface area contributed by atoms with Crippen molar-refractivity contribution in [3.8, 4) is 11.5 Å². The summed E-state index contributed by atoms with van der Waals surface area (Å²) in [7, 11) is 0. The lowest BCUT2D eigenvalue weighted by molar-refractivity contribution is -0.131. The zero-order chi connectivity index (χ0) is 14.9. The van der Waals surface area contributed by atoms with Gasteiger partial charge in [0.05, 0.1) is 13.2 Å². The van der Waals surface area contributed by atoms with Gasteiger partial charge in [-0.05, 0) is 23.8 Å². The maximum atomic E-state index is 10.3. The molecular formula is C15H19NO5. The number of hydrogen-bond donors (Lipinski definition) is 2. The first-order valence-electron chi connectivity index (χ1n) is 6.85. The Morgan fingerprint density at radius 3 is 2.38 bits per heavy atom. The highest BCUT2D eigenvalue weighted by Crippen LogP contribution is 2.30. The van der Waals surface area contributed by atoms with E-state index in [0.717, 1.165) is 37.9 Å². The molecule has 0 amide bonds. The summed E-state index contributed by atoms with van der Waals surface area (Å²) in [5.74, 6) is 0.396. The Morgan fingerprint density at radius 2 is 1.81 bits per heavy atom. The summed E-state index contributed by atoms with van der Waals surface area (Å²) in [6, 6.07) is 5.32. The zero-order valence-corrected chi connectivity index (χ0v) is 11.7. The van der Waals surface area contributed by atoms with E-state index in [0.29, 0.717) is 24.7 Å². The van der Waals surface area contributed by atoms with Gasteiger partial charge in [0, 0.05) is 19.2 Å². The summed E-state index contributed by atoms with van der Waals surface area (Å²) in [6.07, 6.45) is 2.60. The SMILES string of the molecule is C1COCCN1.O=C(O)C=Cc1ccc2c(c1)OCCO2. The minimum Gasteiger partial charge on any atom is -0.486 e. The fourth-order valence-electron chi connectivity index (χ4n) is 1.85. The fraction of sp³-hybridized carbons (Fsp3) is 0.400. The molecule has 0 atom stereocenters. The van der Waals surface area contributed by atoms with Crippen molar-refractivity contribution < 1.29 is 24.1 Å². The van der Waals surface area contributed by atoms with Gasteiger partial charge < -0.3 is 24.6 Å². The summed E-state index contributed by atoms with van der Waals surface area (Å²) in [4.78, 5) is 10.3. The van der Waals surface area contributed by atoms with Crippen molar-refractivity contribution in [1.82, 2.24) is 5.32 Å². The van der Waals surface area contributed by atoms with E-state index in [9.17, 15) is 4.79 Å². The minimum atomic E-state index is -0.968. The van der Waals surface area contributed by atoms with E-state index in [2.05, 4.69) is 5.32 Å². The third-order valence-electron chi connectivity index (χ3n) is 2.83. The van der Waals surface area contributed by atoms with E-state index in [4.69, 9.17) is 19.3 Å². The monoisotopic (exact) mass is 293 g/mol. The summed E-state index contributed by atoms with van der Waals surface area (Å²) >= 11 is 0. The van der Waals surface area contributed by atoms with E-state index < -0.39 is 5.97 Å². The van der Waals surface area contributed by atoms with Crippen LogP contribution >= 0.6 is 0 Å². The molecule has 114 valence electrons. The Balaban J connectivity index is 0.000000225. The maximum Gasteiger partial charge on any atom is 0.328 e.